The highest BCUT2D eigenvalue weighted by Gasteiger charge is 2.07. The van der Waals surface area contributed by atoms with Crippen molar-refractivity contribution >= 4 is 21.4 Å². The summed E-state index contributed by atoms with van der Waals surface area (Å²) in [5.41, 5.74) is 1.20. The Bertz CT molecular complexity index is 429. The standard InChI is InChI=1S/C10H9FS.2C2H6/c1-6-7(2)12-10-8(6)4-3-5-9(10)11;2*1-2/h3-5H,1-2H3;2*1-2H3. The van der Waals surface area contributed by atoms with Crippen molar-refractivity contribution in [1.29, 1.82) is 0 Å². The van der Waals surface area contributed by atoms with E-state index in [1.54, 1.807) is 6.07 Å². The Hall–Kier alpha value is -0.890. The lowest BCUT2D eigenvalue weighted by Gasteiger charge is -1.91. The Morgan fingerprint density at radius 3 is 2.06 bits per heavy atom. The van der Waals surface area contributed by atoms with Crippen molar-refractivity contribution < 1.29 is 4.39 Å². The van der Waals surface area contributed by atoms with Crippen LogP contribution in [0.3, 0.4) is 0 Å². The summed E-state index contributed by atoms with van der Waals surface area (Å²) in [6.07, 6.45) is 0. The van der Waals surface area contributed by atoms with E-state index in [0.29, 0.717) is 0 Å². The molecule has 0 aliphatic rings. The molecule has 1 heterocycles. The molecule has 1 aromatic carbocycles. The molecule has 0 radical (unpaired) electrons. The van der Waals surface area contributed by atoms with Crippen LogP contribution in [0.5, 0.6) is 0 Å². The Labute approximate surface area is 102 Å². The number of thiophene rings is 1. The van der Waals surface area contributed by atoms with E-state index in [-0.39, 0.29) is 5.82 Å². The monoisotopic (exact) mass is 240 g/mol. The lowest BCUT2D eigenvalue weighted by Crippen LogP contribution is -1.73. The van der Waals surface area contributed by atoms with E-state index in [9.17, 15) is 4.39 Å². The van der Waals surface area contributed by atoms with E-state index >= 15 is 0 Å². The molecular formula is C14H21FS. The Kier molecular flexibility index (Phi) is 6.98. The van der Waals surface area contributed by atoms with Crippen LogP contribution in [0, 0.1) is 19.7 Å². The predicted octanol–water partition coefficient (Wildman–Crippen LogP) is 5.71. The van der Waals surface area contributed by atoms with Gasteiger partial charge in [0.2, 0.25) is 0 Å². The quantitative estimate of drug-likeness (QED) is 0.553. The van der Waals surface area contributed by atoms with Crippen LogP contribution in [0.2, 0.25) is 0 Å². The summed E-state index contributed by atoms with van der Waals surface area (Å²) in [6, 6.07) is 5.24. The van der Waals surface area contributed by atoms with Crippen LogP contribution in [0.4, 0.5) is 4.39 Å². The molecule has 16 heavy (non-hydrogen) atoms. The topological polar surface area (TPSA) is 0 Å². The van der Waals surface area contributed by atoms with Crippen molar-refractivity contribution in [3.63, 3.8) is 0 Å². The lowest BCUT2D eigenvalue weighted by atomic mass is 10.1. The molecule has 0 fully saturated rings. The van der Waals surface area contributed by atoms with Gasteiger partial charge >= 0.3 is 0 Å². The van der Waals surface area contributed by atoms with Crippen molar-refractivity contribution in [2.24, 2.45) is 0 Å². The molecule has 90 valence electrons. The number of benzene rings is 1. The van der Waals surface area contributed by atoms with Crippen LogP contribution in [0.15, 0.2) is 18.2 Å². The number of halogens is 1. The largest absolute Gasteiger partial charge is 0.205 e. The third-order valence-electron chi connectivity index (χ3n) is 2.15. The molecule has 1 aromatic heterocycles. The van der Waals surface area contributed by atoms with Crippen LogP contribution in [-0.4, -0.2) is 0 Å². The summed E-state index contributed by atoms with van der Waals surface area (Å²) in [6.45, 7) is 12.1. The van der Waals surface area contributed by atoms with Gasteiger partial charge in [0.05, 0.1) is 4.70 Å². The zero-order valence-corrected chi connectivity index (χ0v) is 11.8. The van der Waals surface area contributed by atoms with Gasteiger partial charge in [0.1, 0.15) is 5.82 Å². The van der Waals surface area contributed by atoms with Crippen molar-refractivity contribution in [2.75, 3.05) is 0 Å². The van der Waals surface area contributed by atoms with Crippen molar-refractivity contribution in [1.82, 2.24) is 0 Å². The summed E-state index contributed by atoms with van der Waals surface area (Å²) in [5.74, 6) is -0.103. The maximum absolute atomic E-state index is 13.2. The van der Waals surface area contributed by atoms with Crippen LogP contribution in [0.25, 0.3) is 10.1 Å². The first-order chi connectivity index (χ1) is 7.70. The van der Waals surface area contributed by atoms with Gasteiger partial charge in [-0.15, -0.1) is 11.3 Å². The average Bonchev–Trinajstić information content (AvgIpc) is 2.63. The summed E-state index contributed by atoms with van der Waals surface area (Å²) in [5, 5.41) is 1.05. The molecular weight excluding hydrogens is 219 g/mol. The summed E-state index contributed by atoms with van der Waals surface area (Å²) < 4.78 is 14.0. The SMILES string of the molecule is CC.CC.Cc1sc2c(F)cccc2c1C. The van der Waals surface area contributed by atoms with Gasteiger partial charge in [-0.2, -0.15) is 0 Å². The summed E-state index contributed by atoms with van der Waals surface area (Å²) >= 11 is 1.53. The van der Waals surface area contributed by atoms with Crippen molar-refractivity contribution in [3.05, 3.63) is 34.5 Å². The molecule has 0 bridgehead atoms. The second kappa shape index (κ2) is 7.39. The van der Waals surface area contributed by atoms with Gasteiger partial charge < -0.3 is 0 Å². The summed E-state index contributed by atoms with van der Waals surface area (Å²) in [4.78, 5) is 1.20. The number of hydrogen-bond donors (Lipinski definition) is 0. The highest BCUT2D eigenvalue weighted by atomic mass is 32.1. The molecule has 2 rings (SSSR count). The molecule has 2 aromatic rings. The Morgan fingerprint density at radius 1 is 1.00 bits per heavy atom. The van der Waals surface area contributed by atoms with E-state index in [1.165, 1.54) is 27.8 Å². The van der Waals surface area contributed by atoms with Crippen molar-refractivity contribution in [3.8, 4) is 0 Å². The fourth-order valence-corrected chi connectivity index (χ4v) is 2.39. The van der Waals surface area contributed by atoms with Crippen LogP contribution in [0.1, 0.15) is 38.1 Å². The second-order valence-electron chi connectivity index (χ2n) is 2.90. The minimum atomic E-state index is -0.103. The molecule has 0 N–H and O–H groups in total. The zero-order chi connectivity index (χ0) is 12.7. The summed E-state index contributed by atoms with van der Waals surface area (Å²) in [7, 11) is 0. The molecule has 0 spiro atoms. The number of rotatable bonds is 0. The van der Waals surface area contributed by atoms with E-state index in [2.05, 4.69) is 0 Å². The maximum Gasteiger partial charge on any atom is 0.141 e. The van der Waals surface area contributed by atoms with Gasteiger partial charge in [-0.25, -0.2) is 4.39 Å². The fourth-order valence-electron chi connectivity index (χ4n) is 1.33. The molecule has 0 unspecified atom stereocenters. The van der Waals surface area contributed by atoms with Gasteiger partial charge in [0.25, 0.3) is 0 Å². The normalized spacial score (nSPS) is 8.94. The fraction of sp³-hybridized carbons (Fsp3) is 0.429. The third kappa shape index (κ3) is 3.05. The van der Waals surface area contributed by atoms with Gasteiger partial charge in [-0.05, 0) is 30.9 Å². The van der Waals surface area contributed by atoms with Gasteiger partial charge in [0, 0.05) is 4.88 Å². The first kappa shape index (κ1) is 15.1. The second-order valence-corrected chi connectivity index (χ2v) is 4.12. The first-order valence-corrected chi connectivity index (χ1v) is 6.66. The molecule has 0 aliphatic carbocycles. The van der Waals surface area contributed by atoms with Gasteiger partial charge in [-0.1, -0.05) is 39.8 Å². The molecule has 0 aliphatic heterocycles. The third-order valence-corrected chi connectivity index (χ3v) is 3.39. The molecule has 2 heteroatoms. The molecule has 0 amide bonds. The Morgan fingerprint density at radius 2 is 1.56 bits per heavy atom. The highest BCUT2D eigenvalue weighted by Crippen LogP contribution is 2.31. The van der Waals surface area contributed by atoms with E-state index < -0.39 is 0 Å². The van der Waals surface area contributed by atoms with E-state index in [1.807, 2.05) is 47.6 Å². The Balaban J connectivity index is 0.000000509. The maximum atomic E-state index is 13.2. The molecule has 0 atom stereocenters. The molecule has 0 nitrogen and oxygen atoms in total. The average molecular weight is 240 g/mol. The number of fused-ring (bicyclic) bond motifs is 1. The lowest BCUT2D eigenvalue weighted by molar-refractivity contribution is 0.641. The van der Waals surface area contributed by atoms with Crippen LogP contribution in [-0.2, 0) is 0 Å². The minimum Gasteiger partial charge on any atom is -0.205 e. The first-order valence-electron chi connectivity index (χ1n) is 5.84. The van der Waals surface area contributed by atoms with E-state index in [0.717, 1.165) is 10.1 Å². The van der Waals surface area contributed by atoms with Crippen LogP contribution >= 0.6 is 11.3 Å². The smallest absolute Gasteiger partial charge is 0.141 e. The molecule has 0 saturated carbocycles. The predicted molar refractivity (Wildman–Crippen MR) is 74.0 cm³/mol. The van der Waals surface area contributed by atoms with Crippen molar-refractivity contribution in [2.45, 2.75) is 41.5 Å². The number of hydrogen-bond acceptors (Lipinski definition) is 1. The highest BCUT2D eigenvalue weighted by molar-refractivity contribution is 7.19. The van der Waals surface area contributed by atoms with Gasteiger partial charge in [-0.3, -0.25) is 0 Å². The van der Waals surface area contributed by atoms with Gasteiger partial charge in [0.15, 0.2) is 0 Å². The minimum absolute atomic E-state index is 0.103. The molecule has 0 saturated heterocycles. The van der Waals surface area contributed by atoms with E-state index in [4.69, 9.17) is 0 Å². The van der Waals surface area contributed by atoms with Crippen LogP contribution < -0.4 is 0 Å². The number of aryl methyl sites for hydroxylation is 2. The zero-order valence-electron chi connectivity index (χ0n) is 11.0.